The molecule has 1 aliphatic heterocycles. The fourth-order valence-electron chi connectivity index (χ4n) is 5.70. The number of amides is 1. The largest absolute Gasteiger partial charge is 0.416 e. The molecule has 0 aromatic heterocycles. The van der Waals surface area contributed by atoms with Crippen LogP contribution < -0.4 is 5.73 Å². The van der Waals surface area contributed by atoms with E-state index in [1.807, 2.05) is 0 Å². The molecule has 1 aliphatic carbocycles. The number of ketones is 1. The molecule has 194 valence electrons. The van der Waals surface area contributed by atoms with Crippen LogP contribution in [-0.4, -0.2) is 36.2 Å². The molecule has 0 spiro atoms. The number of hydrogen-bond acceptors (Lipinski definition) is 3. The van der Waals surface area contributed by atoms with Gasteiger partial charge in [0.1, 0.15) is 5.82 Å². The molecular weight excluding hydrogens is 472 g/mol. The van der Waals surface area contributed by atoms with E-state index in [9.17, 15) is 27.2 Å². The van der Waals surface area contributed by atoms with Gasteiger partial charge in [-0.2, -0.15) is 13.2 Å². The van der Waals surface area contributed by atoms with Crippen molar-refractivity contribution in [3.05, 3.63) is 70.5 Å². The Labute approximate surface area is 208 Å². The van der Waals surface area contributed by atoms with Crippen LogP contribution in [0.4, 0.5) is 17.6 Å². The molecule has 0 bridgehead atoms. The van der Waals surface area contributed by atoms with E-state index in [1.54, 1.807) is 12.1 Å². The van der Waals surface area contributed by atoms with Crippen LogP contribution in [0.1, 0.15) is 82.7 Å². The van der Waals surface area contributed by atoms with E-state index in [-0.39, 0.29) is 29.0 Å². The van der Waals surface area contributed by atoms with Crippen LogP contribution in [0.15, 0.2) is 42.5 Å². The zero-order valence-electron chi connectivity index (χ0n) is 20.2. The van der Waals surface area contributed by atoms with Gasteiger partial charge in [-0.15, -0.1) is 0 Å². The van der Waals surface area contributed by atoms with E-state index in [1.165, 1.54) is 18.2 Å². The lowest BCUT2D eigenvalue weighted by atomic mass is 9.76. The number of benzene rings is 2. The van der Waals surface area contributed by atoms with Crippen molar-refractivity contribution in [2.24, 2.45) is 17.6 Å². The Balaban J connectivity index is 1.25. The van der Waals surface area contributed by atoms with Crippen molar-refractivity contribution in [1.29, 1.82) is 0 Å². The van der Waals surface area contributed by atoms with E-state index < -0.39 is 17.6 Å². The molecule has 1 saturated carbocycles. The van der Waals surface area contributed by atoms with Crippen LogP contribution >= 0.6 is 0 Å². The number of piperidine rings is 1. The lowest BCUT2D eigenvalue weighted by molar-refractivity contribution is -0.137. The van der Waals surface area contributed by atoms with E-state index in [0.717, 1.165) is 76.7 Å². The number of primary amides is 1. The van der Waals surface area contributed by atoms with Crippen molar-refractivity contribution in [3.63, 3.8) is 0 Å². The maximum Gasteiger partial charge on any atom is 0.416 e. The van der Waals surface area contributed by atoms with Crippen LogP contribution in [0.25, 0.3) is 0 Å². The van der Waals surface area contributed by atoms with Crippen molar-refractivity contribution in [1.82, 2.24) is 4.90 Å². The Morgan fingerprint density at radius 1 is 0.917 bits per heavy atom. The molecule has 4 nitrogen and oxygen atoms in total. The lowest BCUT2D eigenvalue weighted by Gasteiger charge is -2.34. The summed E-state index contributed by atoms with van der Waals surface area (Å²) in [5, 5.41) is 0. The summed E-state index contributed by atoms with van der Waals surface area (Å²) >= 11 is 0. The number of carbonyl (C=O) groups excluding carboxylic acids is 2. The minimum Gasteiger partial charge on any atom is -0.366 e. The van der Waals surface area contributed by atoms with Crippen LogP contribution in [-0.2, 0) is 6.18 Å². The average Bonchev–Trinajstić information content (AvgIpc) is 2.87. The van der Waals surface area contributed by atoms with E-state index >= 15 is 0 Å². The minimum atomic E-state index is -4.46. The molecule has 0 atom stereocenters. The Morgan fingerprint density at radius 2 is 1.56 bits per heavy atom. The van der Waals surface area contributed by atoms with Gasteiger partial charge in [0.25, 0.3) is 0 Å². The Kier molecular flexibility index (Phi) is 8.13. The monoisotopic (exact) mass is 504 g/mol. The normalized spacial score (nSPS) is 21.9. The van der Waals surface area contributed by atoms with Crippen LogP contribution in [0.3, 0.4) is 0 Å². The number of rotatable bonds is 7. The van der Waals surface area contributed by atoms with Crippen molar-refractivity contribution in [2.45, 2.75) is 57.0 Å². The zero-order chi connectivity index (χ0) is 25.9. The maximum absolute atomic E-state index is 13.2. The number of likely N-dealkylation sites (tertiary alicyclic amines) is 1. The Morgan fingerprint density at radius 3 is 2.14 bits per heavy atom. The standard InChI is InChI=1S/C28H32F4N2O2/c29-23-8-5-20(6-9-23)26(35)21-12-15-34(16-13-21)14-11-18-1-3-19(4-2-18)25-17-22(28(30,31)32)7-10-24(25)27(33)36/h5-10,17-19,21H,1-4,11-16H2,(H2,33,36)/t18-,19-. The quantitative estimate of drug-likeness (QED) is 0.361. The van der Waals surface area contributed by atoms with E-state index in [2.05, 4.69) is 4.90 Å². The summed E-state index contributed by atoms with van der Waals surface area (Å²) in [6.07, 6.45) is 1.40. The number of alkyl halides is 3. The Bertz CT molecular complexity index is 1070. The van der Waals surface area contributed by atoms with Gasteiger partial charge in [-0.1, -0.05) is 0 Å². The first-order valence-electron chi connectivity index (χ1n) is 12.6. The van der Waals surface area contributed by atoms with Crippen molar-refractivity contribution in [2.75, 3.05) is 19.6 Å². The third-order valence-electron chi connectivity index (χ3n) is 7.87. The second-order valence-electron chi connectivity index (χ2n) is 10.2. The summed E-state index contributed by atoms with van der Waals surface area (Å²) in [7, 11) is 0. The third-order valence-corrected chi connectivity index (χ3v) is 7.87. The number of nitrogens with two attached hydrogens (primary N) is 1. The summed E-state index contributed by atoms with van der Waals surface area (Å²) in [6.45, 7) is 2.63. The molecule has 0 unspecified atom stereocenters. The molecule has 1 amide bonds. The minimum absolute atomic E-state index is 0.0333. The van der Waals surface area contributed by atoms with E-state index in [0.29, 0.717) is 17.0 Å². The number of carbonyl (C=O) groups is 2. The van der Waals surface area contributed by atoms with Gasteiger partial charge in [0.2, 0.25) is 5.91 Å². The topological polar surface area (TPSA) is 63.4 Å². The van der Waals surface area contributed by atoms with Gasteiger partial charge < -0.3 is 10.6 Å². The van der Waals surface area contributed by atoms with Crippen LogP contribution in [0, 0.1) is 17.7 Å². The predicted octanol–water partition coefficient (Wildman–Crippen LogP) is 6.20. The second kappa shape index (κ2) is 11.1. The summed E-state index contributed by atoms with van der Waals surface area (Å²) in [6, 6.07) is 8.96. The average molecular weight is 505 g/mol. The predicted molar refractivity (Wildman–Crippen MR) is 129 cm³/mol. The van der Waals surface area contributed by atoms with Crippen LogP contribution in [0.2, 0.25) is 0 Å². The molecule has 2 aromatic carbocycles. The zero-order valence-corrected chi connectivity index (χ0v) is 20.2. The smallest absolute Gasteiger partial charge is 0.366 e. The van der Waals surface area contributed by atoms with Gasteiger partial charge in [-0.05, 0) is 124 Å². The highest BCUT2D eigenvalue weighted by molar-refractivity contribution is 5.97. The molecule has 4 rings (SSSR count). The van der Waals surface area contributed by atoms with Crippen LogP contribution in [0.5, 0.6) is 0 Å². The van der Waals surface area contributed by atoms with Crippen molar-refractivity contribution in [3.8, 4) is 0 Å². The molecule has 2 fully saturated rings. The second-order valence-corrected chi connectivity index (χ2v) is 10.2. The van der Waals surface area contributed by atoms with Crippen molar-refractivity contribution < 1.29 is 27.2 Å². The fourth-order valence-corrected chi connectivity index (χ4v) is 5.70. The lowest BCUT2D eigenvalue weighted by Crippen LogP contribution is -2.37. The molecule has 2 aliphatic rings. The summed E-state index contributed by atoms with van der Waals surface area (Å²) in [5.41, 5.74) is 5.87. The Hall–Kier alpha value is -2.74. The van der Waals surface area contributed by atoms with Gasteiger partial charge in [0, 0.05) is 17.0 Å². The number of nitrogens with zero attached hydrogens (tertiary/aromatic N) is 1. The summed E-state index contributed by atoms with van der Waals surface area (Å²) in [4.78, 5) is 26.9. The maximum atomic E-state index is 13.2. The highest BCUT2D eigenvalue weighted by Crippen LogP contribution is 2.40. The number of Topliss-reactive ketones (excluding diaryl/α,β-unsaturated/α-hetero) is 1. The fraction of sp³-hybridized carbons (Fsp3) is 0.500. The molecule has 1 heterocycles. The molecule has 2 N–H and O–H groups in total. The summed E-state index contributed by atoms with van der Waals surface area (Å²) < 4.78 is 52.8. The highest BCUT2D eigenvalue weighted by atomic mass is 19.4. The molecular formula is C28H32F4N2O2. The molecule has 1 saturated heterocycles. The van der Waals surface area contributed by atoms with E-state index in [4.69, 9.17) is 5.73 Å². The molecule has 2 aromatic rings. The summed E-state index contributed by atoms with van der Waals surface area (Å²) in [5.74, 6) is -0.602. The van der Waals surface area contributed by atoms with Gasteiger partial charge >= 0.3 is 6.18 Å². The SMILES string of the molecule is NC(=O)c1ccc(C(F)(F)F)cc1[C@H]1CC[C@H](CCN2CCC(C(=O)c3ccc(F)cc3)CC2)CC1. The highest BCUT2D eigenvalue weighted by Gasteiger charge is 2.33. The first-order chi connectivity index (χ1) is 17.1. The first kappa shape index (κ1) is 26.3. The van der Waals surface area contributed by atoms with Gasteiger partial charge in [0.05, 0.1) is 5.56 Å². The molecule has 8 heteroatoms. The van der Waals surface area contributed by atoms with Gasteiger partial charge in [-0.3, -0.25) is 9.59 Å². The number of halogens is 4. The molecule has 0 radical (unpaired) electrons. The number of hydrogen-bond donors (Lipinski definition) is 1. The van der Waals surface area contributed by atoms with Gasteiger partial charge in [-0.25, -0.2) is 4.39 Å². The first-order valence-corrected chi connectivity index (χ1v) is 12.6. The van der Waals surface area contributed by atoms with Gasteiger partial charge in [0.15, 0.2) is 5.78 Å². The van der Waals surface area contributed by atoms with Crippen molar-refractivity contribution >= 4 is 11.7 Å². The molecule has 36 heavy (non-hydrogen) atoms. The third kappa shape index (κ3) is 6.33.